The molecular weight excluding hydrogens is 972 g/mol. The fraction of sp³-hybridized carbons (Fsp3) is 0.691. The molecular formula is C68H120N2O6P+. The lowest BCUT2D eigenvalue weighted by molar-refractivity contribution is -0.870. The zero-order chi connectivity index (χ0) is 56.3. The van der Waals surface area contributed by atoms with Crippen LogP contribution in [0.5, 0.6) is 0 Å². The second-order valence-electron chi connectivity index (χ2n) is 22.1. The van der Waals surface area contributed by atoms with E-state index in [9.17, 15) is 19.4 Å². The van der Waals surface area contributed by atoms with Crippen LogP contribution >= 0.6 is 7.82 Å². The van der Waals surface area contributed by atoms with Gasteiger partial charge in [0.25, 0.3) is 0 Å². The highest BCUT2D eigenvalue weighted by Gasteiger charge is 2.27. The van der Waals surface area contributed by atoms with Crippen molar-refractivity contribution in [1.82, 2.24) is 5.32 Å². The number of quaternary nitrogens is 1. The highest BCUT2D eigenvalue weighted by atomic mass is 31.2. The molecule has 0 fully saturated rings. The number of unbranched alkanes of at least 4 members (excludes halogenated alkanes) is 25. The van der Waals surface area contributed by atoms with Crippen molar-refractivity contribution in [2.24, 2.45) is 0 Å². The Bertz CT molecular complexity index is 1670. The van der Waals surface area contributed by atoms with Gasteiger partial charge in [0.15, 0.2) is 0 Å². The summed E-state index contributed by atoms with van der Waals surface area (Å²) < 4.78 is 23.7. The lowest BCUT2D eigenvalue weighted by Gasteiger charge is -2.25. The number of phosphoric ester groups is 1. The van der Waals surface area contributed by atoms with E-state index in [1.165, 1.54) is 128 Å². The van der Waals surface area contributed by atoms with Crippen LogP contribution in [0.25, 0.3) is 0 Å². The van der Waals surface area contributed by atoms with Crippen LogP contribution in [0, 0.1) is 0 Å². The molecule has 3 atom stereocenters. The van der Waals surface area contributed by atoms with E-state index >= 15 is 0 Å². The monoisotopic (exact) mass is 1090 g/mol. The number of rotatable bonds is 56. The van der Waals surface area contributed by atoms with E-state index in [1.807, 2.05) is 27.2 Å². The predicted octanol–water partition coefficient (Wildman–Crippen LogP) is 19.7. The third kappa shape index (κ3) is 60.4. The van der Waals surface area contributed by atoms with Crippen molar-refractivity contribution in [3.05, 3.63) is 122 Å². The number of likely N-dealkylation sites (N-methyl/N-ethyl adjacent to an activating group) is 1. The minimum Gasteiger partial charge on any atom is -0.387 e. The number of hydrogen-bond acceptors (Lipinski definition) is 5. The van der Waals surface area contributed by atoms with E-state index in [0.717, 1.165) is 103 Å². The molecule has 77 heavy (non-hydrogen) atoms. The minimum absolute atomic E-state index is 0.0482. The molecule has 0 saturated heterocycles. The van der Waals surface area contributed by atoms with Gasteiger partial charge in [-0.3, -0.25) is 13.8 Å². The topological polar surface area (TPSA) is 105 Å². The number of carbonyl (C=O) groups is 1. The summed E-state index contributed by atoms with van der Waals surface area (Å²) in [4.78, 5) is 23.4. The number of amides is 1. The van der Waals surface area contributed by atoms with Gasteiger partial charge in [-0.05, 0) is 89.9 Å². The quantitative estimate of drug-likeness (QED) is 0.0243. The number of allylic oxidation sites excluding steroid dienone is 19. The van der Waals surface area contributed by atoms with E-state index in [-0.39, 0.29) is 19.1 Å². The standard InChI is InChI=1S/C68H119N2O6P/c1-6-8-10-12-14-16-18-20-22-24-26-28-30-32-33-34-35-36-37-38-40-42-44-46-48-50-52-54-56-58-60-62-68(72)69-66(65-76-77(73,74)75-64-63-70(3,4)5)67(71)61-59-57-55-53-51-49-47-45-43-41-39-31-29-27-25-23-21-19-17-15-13-11-9-7-2/h8,10,14,16,20,22,26,28,32-33,35-36,38,40,44,46,50,52,59,61,66-67,71H,6-7,9,11-13,15,17-19,21,23-25,27,29-31,34,37,39,41-43,45,47-49,51,53-58,60,62-65H2,1-5H3,(H-,69,72,73,74)/p+1/b10-8-,16-14-,22-20-,28-26-,33-32-,36-35-,40-38-,46-44-,52-50-,61-59+. The molecule has 0 aliphatic heterocycles. The van der Waals surface area contributed by atoms with Crippen molar-refractivity contribution >= 4 is 13.7 Å². The van der Waals surface area contributed by atoms with Gasteiger partial charge < -0.3 is 19.8 Å². The number of hydrogen-bond donors (Lipinski definition) is 3. The molecule has 0 aliphatic rings. The van der Waals surface area contributed by atoms with Crippen molar-refractivity contribution in [2.75, 3.05) is 40.9 Å². The van der Waals surface area contributed by atoms with Crippen LogP contribution in [0.1, 0.15) is 251 Å². The summed E-state index contributed by atoms with van der Waals surface area (Å²) in [5.41, 5.74) is 0. The number of aliphatic hydroxyl groups is 1. The van der Waals surface area contributed by atoms with Crippen molar-refractivity contribution in [3.63, 3.8) is 0 Å². The second-order valence-corrected chi connectivity index (χ2v) is 23.5. The van der Waals surface area contributed by atoms with Gasteiger partial charge in [0.2, 0.25) is 5.91 Å². The Morgan fingerprint density at radius 1 is 0.455 bits per heavy atom. The maximum Gasteiger partial charge on any atom is 0.472 e. The fourth-order valence-electron chi connectivity index (χ4n) is 8.56. The zero-order valence-electron chi connectivity index (χ0n) is 50.4. The fourth-order valence-corrected chi connectivity index (χ4v) is 9.30. The van der Waals surface area contributed by atoms with Gasteiger partial charge in [0.1, 0.15) is 13.2 Å². The van der Waals surface area contributed by atoms with E-state index in [1.54, 1.807) is 6.08 Å². The van der Waals surface area contributed by atoms with Gasteiger partial charge in [-0.2, -0.15) is 0 Å². The Morgan fingerprint density at radius 2 is 0.779 bits per heavy atom. The average Bonchev–Trinajstić information content (AvgIpc) is 3.39. The van der Waals surface area contributed by atoms with Crippen LogP contribution in [-0.2, 0) is 18.4 Å². The molecule has 0 aliphatic carbocycles. The number of carbonyl (C=O) groups excluding carboxylic acids is 1. The molecule has 0 bridgehead atoms. The molecule has 0 aromatic heterocycles. The van der Waals surface area contributed by atoms with E-state index in [4.69, 9.17) is 9.05 Å². The van der Waals surface area contributed by atoms with E-state index < -0.39 is 20.0 Å². The van der Waals surface area contributed by atoms with Crippen molar-refractivity contribution < 1.29 is 32.9 Å². The molecule has 3 N–H and O–H groups in total. The highest BCUT2D eigenvalue weighted by Crippen LogP contribution is 2.43. The second kappa shape index (κ2) is 57.6. The van der Waals surface area contributed by atoms with Gasteiger partial charge in [-0.1, -0.05) is 277 Å². The van der Waals surface area contributed by atoms with Crippen LogP contribution in [0.2, 0.25) is 0 Å². The molecule has 0 rings (SSSR count). The Morgan fingerprint density at radius 3 is 1.14 bits per heavy atom. The van der Waals surface area contributed by atoms with Gasteiger partial charge >= 0.3 is 7.82 Å². The van der Waals surface area contributed by atoms with Crippen LogP contribution in [0.3, 0.4) is 0 Å². The first kappa shape index (κ1) is 73.9. The Labute approximate surface area is 475 Å². The van der Waals surface area contributed by atoms with E-state index in [2.05, 4.69) is 129 Å². The summed E-state index contributed by atoms with van der Waals surface area (Å²) in [6.45, 7) is 4.68. The summed E-state index contributed by atoms with van der Waals surface area (Å²) in [7, 11) is 1.53. The van der Waals surface area contributed by atoms with Crippen molar-refractivity contribution in [1.29, 1.82) is 0 Å². The van der Waals surface area contributed by atoms with Crippen LogP contribution < -0.4 is 5.32 Å². The molecule has 0 saturated carbocycles. The molecule has 8 nitrogen and oxygen atoms in total. The number of phosphoric acid groups is 1. The number of nitrogens with one attached hydrogen (secondary N) is 1. The Hall–Kier alpha value is -3.10. The third-order valence-corrected chi connectivity index (χ3v) is 14.4. The minimum atomic E-state index is -4.37. The Kier molecular flexibility index (Phi) is 55.3. The molecule has 0 heterocycles. The first-order valence-electron chi connectivity index (χ1n) is 31.4. The lowest BCUT2D eigenvalue weighted by Crippen LogP contribution is -2.45. The number of nitrogens with zero attached hydrogens (tertiary/aromatic N) is 1. The molecule has 0 aromatic carbocycles. The number of aliphatic hydroxyl groups excluding tert-OH is 1. The van der Waals surface area contributed by atoms with Crippen LogP contribution in [-0.4, -0.2) is 73.4 Å². The predicted molar refractivity (Wildman–Crippen MR) is 336 cm³/mol. The summed E-state index contributed by atoms with van der Waals surface area (Å²) in [6, 6.07) is -0.875. The van der Waals surface area contributed by atoms with Gasteiger partial charge in [0.05, 0.1) is 39.9 Å². The van der Waals surface area contributed by atoms with E-state index in [0.29, 0.717) is 17.4 Å². The maximum absolute atomic E-state index is 13.0. The SMILES string of the molecule is CC/C=C\C/C=C\C/C=C\C/C=C\C/C=C\C/C=C\C/C=C\C/C=C\C/C=C\CCCCCC(=O)NC(COP(=O)(O)OCC[N+](C)(C)C)C(O)/C=C/CCCCCCCCCCCCCCCCCCCCCCCC. The smallest absolute Gasteiger partial charge is 0.387 e. The summed E-state index contributed by atoms with van der Waals surface area (Å²) in [6.07, 6.45) is 86.0. The zero-order valence-corrected chi connectivity index (χ0v) is 51.3. The first-order chi connectivity index (χ1) is 37.5. The molecule has 0 aromatic rings. The average molecular weight is 1090 g/mol. The van der Waals surface area contributed by atoms with Crippen molar-refractivity contribution in [3.8, 4) is 0 Å². The summed E-state index contributed by atoms with van der Waals surface area (Å²) in [5, 5.41) is 13.9. The largest absolute Gasteiger partial charge is 0.472 e. The lowest BCUT2D eigenvalue weighted by atomic mass is 10.0. The van der Waals surface area contributed by atoms with Crippen LogP contribution in [0.15, 0.2) is 122 Å². The van der Waals surface area contributed by atoms with Gasteiger partial charge in [-0.25, -0.2) is 4.57 Å². The Balaban J connectivity index is 4.29. The molecule has 0 spiro atoms. The molecule has 442 valence electrons. The summed E-state index contributed by atoms with van der Waals surface area (Å²) >= 11 is 0. The molecule has 1 amide bonds. The normalized spacial score (nSPS) is 14.6. The third-order valence-electron chi connectivity index (χ3n) is 13.4. The van der Waals surface area contributed by atoms with Crippen LogP contribution in [0.4, 0.5) is 0 Å². The molecule has 9 heteroatoms. The van der Waals surface area contributed by atoms with Gasteiger partial charge in [-0.15, -0.1) is 0 Å². The van der Waals surface area contributed by atoms with Gasteiger partial charge in [0, 0.05) is 6.42 Å². The van der Waals surface area contributed by atoms with Crippen molar-refractivity contribution in [2.45, 2.75) is 264 Å². The highest BCUT2D eigenvalue weighted by molar-refractivity contribution is 7.47. The summed E-state index contributed by atoms with van der Waals surface area (Å²) in [5.74, 6) is -0.212. The molecule has 3 unspecified atom stereocenters. The maximum atomic E-state index is 13.0. The molecule has 0 radical (unpaired) electrons. The first-order valence-corrected chi connectivity index (χ1v) is 32.9.